The number of fused-ring (bicyclic) bond motifs is 2. The van der Waals surface area contributed by atoms with E-state index in [1.807, 2.05) is 48.5 Å². The maximum Gasteiger partial charge on any atom is 0.223 e. The van der Waals surface area contributed by atoms with E-state index in [0.29, 0.717) is 12.4 Å². The summed E-state index contributed by atoms with van der Waals surface area (Å²) in [7, 11) is 0. The number of nitrogens with one attached hydrogen (secondary N) is 1. The minimum atomic E-state index is -0.763. The van der Waals surface area contributed by atoms with Crippen LogP contribution in [0.3, 0.4) is 0 Å². The van der Waals surface area contributed by atoms with E-state index in [-0.39, 0.29) is 25.0 Å². The summed E-state index contributed by atoms with van der Waals surface area (Å²) < 4.78 is 11.2. The van der Waals surface area contributed by atoms with E-state index in [0.717, 1.165) is 16.7 Å². The fourth-order valence-corrected chi connectivity index (χ4v) is 3.35. The third-order valence-electron chi connectivity index (χ3n) is 4.58. The Hall–Kier alpha value is -2.37. The Bertz CT molecular complexity index is 761. The summed E-state index contributed by atoms with van der Waals surface area (Å²) >= 11 is 0. The van der Waals surface area contributed by atoms with E-state index in [1.54, 1.807) is 0 Å². The molecule has 0 spiro atoms. The number of para-hydroxylation sites is 1. The predicted molar refractivity (Wildman–Crippen MR) is 87.4 cm³/mol. The van der Waals surface area contributed by atoms with Crippen molar-refractivity contribution in [3.63, 3.8) is 0 Å². The lowest BCUT2D eigenvalue weighted by Gasteiger charge is -2.31. The molecule has 1 amide bonds. The van der Waals surface area contributed by atoms with E-state index in [2.05, 4.69) is 5.32 Å². The van der Waals surface area contributed by atoms with Crippen molar-refractivity contribution >= 4 is 5.91 Å². The van der Waals surface area contributed by atoms with Crippen molar-refractivity contribution in [1.29, 1.82) is 0 Å². The molecule has 3 atom stereocenters. The lowest BCUT2D eigenvalue weighted by molar-refractivity contribution is -0.126. The van der Waals surface area contributed by atoms with E-state index in [9.17, 15) is 9.90 Å². The number of hydrogen-bond acceptors (Lipinski definition) is 4. The fourth-order valence-electron chi connectivity index (χ4n) is 3.35. The number of carbonyl (C=O) groups excluding carboxylic acids is 1. The monoisotopic (exact) mass is 325 g/mol. The smallest absolute Gasteiger partial charge is 0.223 e. The normalized spacial score (nSPS) is 24.6. The maximum absolute atomic E-state index is 12.5. The van der Waals surface area contributed by atoms with Gasteiger partial charge in [-0.2, -0.15) is 0 Å². The lowest BCUT2D eigenvalue weighted by Crippen LogP contribution is -2.42. The highest BCUT2D eigenvalue weighted by Crippen LogP contribution is 2.34. The van der Waals surface area contributed by atoms with Crippen molar-refractivity contribution in [1.82, 2.24) is 5.32 Å². The van der Waals surface area contributed by atoms with Crippen LogP contribution in [0.1, 0.15) is 35.3 Å². The van der Waals surface area contributed by atoms with Gasteiger partial charge in [0.15, 0.2) is 0 Å². The predicted octanol–water partition coefficient (Wildman–Crippen LogP) is 2.26. The number of hydrogen-bond donors (Lipinski definition) is 2. The van der Waals surface area contributed by atoms with E-state index in [1.165, 1.54) is 0 Å². The van der Waals surface area contributed by atoms with Crippen molar-refractivity contribution < 1.29 is 19.4 Å². The molecule has 124 valence electrons. The molecule has 0 radical (unpaired) electrons. The van der Waals surface area contributed by atoms with Crippen molar-refractivity contribution in [3.8, 4) is 5.75 Å². The van der Waals surface area contributed by atoms with Crippen LogP contribution in [-0.2, 0) is 16.1 Å². The van der Waals surface area contributed by atoms with Crippen LogP contribution < -0.4 is 10.1 Å². The summed E-state index contributed by atoms with van der Waals surface area (Å²) in [5.74, 6) is 0.563. The van der Waals surface area contributed by atoms with Gasteiger partial charge in [0, 0.05) is 5.56 Å². The highest BCUT2D eigenvalue weighted by atomic mass is 16.5. The number of aliphatic hydroxyl groups is 1. The zero-order valence-corrected chi connectivity index (χ0v) is 13.1. The molecule has 2 aromatic rings. The van der Waals surface area contributed by atoms with Gasteiger partial charge in [0.1, 0.15) is 18.5 Å². The third-order valence-corrected chi connectivity index (χ3v) is 4.58. The summed E-state index contributed by atoms with van der Waals surface area (Å²) in [5.41, 5.74) is 3.00. The van der Waals surface area contributed by atoms with Gasteiger partial charge >= 0.3 is 0 Å². The van der Waals surface area contributed by atoms with Crippen molar-refractivity contribution in [2.45, 2.75) is 31.3 Å². The molecule has 4 rings (SSSR count). The second-order valence-electron chi connectivity index (χ2n) is 6.16. The minimum absolute atomic E-state index is 0.141. The molecule has 0 bridgehead atoms. The Morgan fingerprint density at radius 2 is 1.88 bits per heavy atom. The van der Waals surface area contributed by atoms with Crippen LogP contribution in [0, 0.1) is 0 Å². The standard InChI is InChI=1S/C19H19NO4/c21-15-11-24-16-8-4-3-7-14(16)19(15)20-18(22)9-17-13-6-2-1-5-12(13)10-23-17/h1-8,15,17,19,21H,9-11H2,(H,20,22)/t15-,17?,19+/m1/s1. The van der Waals surface area contributed by atoms with Gasteiger partial charge in [-0.15, -0.1) is 0 Å². The zero-order valence-electron chi connectivity index (χ0n) is 13.1. The molecular weight excluding hydrogens is 306 g/mol. The molecule has 0 saturated carbocycles. The average Bonchev–Trinajstić information content (AvgIpc) is 3.01. The quantitative estimate of drug-likeness (QED) is 0.908. The summed E-state index contributed by atoms with van der Waals surface area (Å²) in [6.45, 7) is 0.710. The zero-order chi connectivity index (χ0) is 16.5. The van der Waals surface area contributed by atoms with Crippen LogP contribution in [0.2, 0.25) is 0 Å². The van der Waals surface area contributed by atoms with Gasteiger partial charge in [-0.1, -0.05) is 42.5 Å². The number of benzene rings is 2. The Balaban J connectivity index is 1.47. The molecule has 0 fully saturated rings. The van der Waals surface area contributed by atoms with Gasteiger partial charge < -0.3 is 19.9 Å². The summed E-state index contributed by atoms with van der Waals surface area (Å²) in [6, 6.07) is 14.9. The molecule has 2 heterocycles. The Morgan fingerprint density at radius 3 is 2.75 bits per heavy atom. The van der Waals surface area contributed by atoms with Crippen LogP contribution in [-0.4, -0.2) is 23.7 Å². The molecule has 24 heavy (non-hydrogen) atoms. The van der Waals surface area contributed by atoms with Crippen LogP contribution in [0.4, 0.5) is 0 Å². The number of ether oxygens (including phenoxy) is 2. The van der Waals surface area contributed by atoms with Gasteiger partial charge in [-0.3, -0.25) is 4.79 Å². The molecule has 2 aromatic carbocycles. The van der Waals surface area contributed by atoms with Crippen LogP contribution >= 0.6 is 0 Å². The molecule has 5 heteroatoms. The van der Waals surface area contributed by atoms with E-state index >= 15 is 0 Å². The first-order valence-electron chi connectivity index (χ1n) is 8.11. The topological polar surface area (TPSA) is 67.8 Å². The first kappa shape index (κ1) is 15.2. The highest BCUT2D eigenvalue weighted by Gasteiger charge is 2.32. The lowest BCUT2D eigenvalue weighted by atomic mass is 9.97. The fraction of sp³-hybridized carbons (Fsp3) is 0.316. The van der Waals surface area contributed by atoms with Crippen LogP contribution in [0.5, 0.6) is 5.75 Å². The SMILES string of the molecule is O=C(CC1OCc2ccccc21)N[C@H]1c2ccccc2OC[C@H]1O. The largest absolute Gasteiger partial charge is 0.490 e. The van der Waals surface area contributed by atoms with Crippen molar-refractivity contribution in [2.75, 3.05) is 6.61 Å². The third kappa shape index (κ3) is 2.77. The maximum atomic E-state index is 12.5. The second kappa shape index (κ2) is 6.26. The van der Waals surface area contributed by atoms with Gasteiger partial charge in [0.25, 0.3) is 0 Å². The number of carbonyl (C=O) groups is 1. The Morgan fingerprint density at radius 1 is 1.12 bits per heavy atom. The molecule has 0 aromatic heterocycles. The number of rotatable bonds is 3. The summed E-state index contributed by atoms with van der Waals surface area (Å²) in [6.07, 6.45) is -0.752. The number of aliphatic hydroxyl groups excluding tert-OH is 1. The Labute approximate surface area is 140 Å². The molecule has 0 aliphatic carbocycles. The molecule has 1 unspecified atom stereocenters. The van der Waals surface area contributed by atoms with Crippen LogP contribution in [0.15, 0.2) is 48.5 Å². The minimum Gasteiger partial charge on any atom is -0.490 e. The summed E-state index contributed by atoms with van der Waals surface area (Å²) in [4.78, 5) is 12.5. The molecule has 2 aliphatic heterocycles. The molecular formula is C19H19NO4. The second-order valence-corrected chi connectivity index (χ2v) is 6.16. The first-order valence-corrected chi connectivity index (χ1v) is 8.11. The van der Waals surface area contributed by atoms with Gasteiger partial charge in [-0.05, 0) is 17.2 Å². The van der Waals surface area contributed by atoms with Crippen molar-refractivity contribution in [3.05, 3.63) is 65.2 Å². The van der Waals surface area contributed by atoms with Gasteiger partial charge in [0.05, 0.1) is 25.2 Å². The van der Waals surface area contributed by atoms with Gasteiger partial charge in [-0.25, -0.2) is 0 Å². The van der Waals surface area contributed by atoms with E-state index < -0.39 is 12.1 Å². The molecule has 2 aliphatic rings. The molecule has 2 N–H and O–H groups in total. The highest BCUT2D eigenvalue weighted by molar-refractivity contribution is 5.77. The number of amides is 1. The average molecular weight is 325 g/mol. The van der Waals surface area contributed by atoms with Crippen LogP contribution in [0.25, 0.3) is 0 Å². The molecule has 5 nitrogen and oxygen atoms in total. The Kier molecular flexibility index (Phi) is 3.96. The summed E-state index contributed by atoms with van der Waals surface area (Å²) in [5, 5.41) is 13.1. The van der Waals surface area contributed by atoms with E-state index in [4.69, 9.17) is 9.47 Å². The first-order chi connectivity index (χ1) is 11.7. The van der Waals surface area contributed by atoms with Crippen molar-refractivity contribution in [2.24, 2.45) is 0 Å². The van der Waals surface area contributed by atoms with Gasteiger partial charge in [0.2, 0.25) is 5.91 Å². The molecule has 0 saturated heterocycles.